The zero-order valence-corrected chi connectivity index (χ0v) is 11.8. The average Bonchev–Trinajstić information content (AvgIpc) is 2.32. The van der Waals surface area contributed by atoms with Gasteiger partial charge in [0.25, 0.3) is 0 Å². The van der Waals surface area contributed by atoms with Crippen molar-refractivity contribution >= 4 is 23.1 Å². The van der Waals surface area contributed by atoms with E-state index in [0.29, 0.717) is 17.2 Å². The van der Waals surface area contributed by atoms with Gasteiger partial charge in [0, 0.05) is 25.3 Å². The highest BCUT2D eigenvalue weighted by Crippen LogP contribution is 2.28. The fraction of sp³-hybridized carbons (Fsp3) is 0.462. The third-order valence-electron chi connectivity index (χ3n) is 2.85. The van der Waals surface area contributed by atoms with E-state index in [-0.39, 0.29) is 11.9 Å². The topological polar surface area (TPSA) is 62.3 Å². The second-order valence-electron chi connectivity index (χ2n) is 4.17. The molecule has 1 aromatic carbocycles. The molecule has 0 aliphatic rings. The number of nitrogens with two attached hydrogens (primary N) is 1. The number of rotatable bonds is 6. The van der Waals surface area contributed by atoms with Crippen molar-refractivity contribution in [2.75, 3.05) is 25.2 Å². The summed E-state index contributed by atoms with van der Waals surface area (Å²) < 4.78 is 5.17. The van der Waals surface area contributed by atoms with E-state index in [9.17, 15) is 0 Å². The molecule has 5 heteroatoms. The number of ether oxygens (including phenoxy) is 1. The summed E-state index contributed by atoms with van der Waals surface area (Å²) in [6.45, 7) is 5.63. The summed E-state index contributed by atoms with van der Waals surface area (Å²) in [4.78, 5) is 2.16. The minimum atomic E-state index is 0.0245. The van der Waals surface area contributed by atoms with Crippen LogP contribution in [0.2, 0.25) is 5.02 Å². The lowest BCUT2D eigenvalue weighted by Crippen LogP contribution is -2.36. The molecule has 0 radical (unpaired) electrons. The number of nitrogen functional groups attached to an aromatic ring is 1. The maximum absolute atomic E-state index is 7.39. The minimum Gasteiger partial charge on any atom is -0.384 e. The summed E-state index contributed by atoms with van der Waals surface area (Å²) in [5.74, 6) is 0.0245. The van der Waals surface area contributed by atoms with Gasteiger partial charge >= 0.3 is 0 Å². The third-order valence-corrected chi connectivity index (χ3v) is 3.15. The molecule has 1 atom stereocenters. The lowest BCUT2D eigenvalue weighted by atomic mass is 10.1. The van der Waals surface area contributed by atoms with Crippen LogP contribution in [-0.2, 0) is 4.74 Å². The van der Waals surface area contributed by atoms with E-state index in [0.717, 1.165) is 12.2 Å². The minimum absolute atomic E-state index is 0.0245. The van der Waals surface area contributed by atoms with Crippen molar-refractivity contribution in [3.05, 3.63) is 28.8 Å². The van der Waals surface area contributed by atoms with Crippen LogP contribution >= 0.6 is 11.6 Å². The van der Waals surface area contributed by atoms with Crippen molar-refractivity contribution in [3.8, 4) is 0 Å². The summed E-state index contributed by atoms with van der Waals surface area (Å²) in [5, 5.41) is 7.99. The summed E-state index contributed by atoms with van der Waals surface area (Å²) in [7, 11) is 1.69. The maximum atomic E-state index is 7.39. The monoisotopic (exact) mass is 269 g/mol. The van der Waals surface area contributed by atoms with E-state index < -0.39 is 0 Å². The molecule has 4 nitrogen and oxygen atoms in total. The summed E-state index contributed by atoms with van der Waals surface area (Å²) in [6.07, 6.45) is 0. The Morgan fingerprint density at radius 2 is 2.22 bits per heavy atom. The van der Waals surface area contributed by atoms with Gasteiger partial charge in [-0.3, -0.25) is 5.41 Å². The third kappa shape index (κ3) is 3.37. The quantitative estimate of drug-likeness (QED) is 0.616. The van der Waals surface area contributed by atoms with Crippen LogP contribution in [0.15, 0.2) is 18.2 Å². The standard InChI is InChI=1S/C13H20ClN3O/c1-4-17(9(2)8-18-3)12-6-5-10(13(15)16)7-11(12)14/h5-7,9H,4,8H2,1-3H3,(H3,15,16). The van der Waals surface area contributed by atoms with Gasteiger partial charge in [-0.1, -0.05) is 11.6 Å². The van der Waals surface area contributed by atoms with Crippen molar-refractivity contribution in [1.29, 1.82) is 5.41 Å². The molecule has 0 saturated carbocycles. The van der Waals surface area contributed by atoms with Crippen LogP contribution in [0.5, 0.6) is 0 Å². The predicted octanol–water partition coefficient (Wildman–Crippen LogP) is 2.49. The summed E-state index contributed by atoms with van der Waals surface area (Å²) >= 11 is 6.26. The molecule has 0 heterocycles. The molecular formula is C13H20ClN3O. The van der Waals surface area contributed by atoms with E-state index in [2.05, 4.69) is 18.7 Å². The lowest BCUT2D eigenvalue weighted by Gasteiger charge is -2.30. The lowest BCUT2D eigenvalue weighted by molar-refractivity contribution is 0.182. The smallest absolute Gasteiger partial charge is 0.122 e. The highest BCUT2D eigenvalue weighted by Gasteiger charge is 2.16. The van der Waals surface area contributed by atoms with Gasteiger partial charge in [0.1, 0.15) is 5.84 Å². The van der Waals surface area contributed by atoms with E-state index in [1.807, 2.05) is 12.1 Å². The molecule has 0 fully saturated rings. The van der Waals surface area contributed by atoms with Crippen molar-refractivity contribution in [1.82, 2.24) is 0 Å². The van der Waals surface area contributed by atoms with E-state index in [1.54, 1.807) is 13.2 Å². The second-order valence-corrected chi connectivity index (χ2v) is 4.58. The Morgan fingerprint density at radius 3 is 2.67 bits per heavy atom. The fourth-order valence-electron chi connectivity index (χ4n) is 1.96. The molecule has 0 aliphatic carbocycles. The van der Waals surface area contributed by atoms with Gasteiger partial charge in [0.05, 0.1) is 17.3 Å². The van der Waals surface area contributed by atoms with Gasteiger partial charge in [0.2, 0.25) is 0 Å². The van der Waals surface area contributed by atoms with Crippen molar-refractivity contribution in [2.24, 2.45) is 5.73 Å². The Kier molecular flexibility index (Phi) is 5.44. The molecule has 18 heavy (non-hydrogen) atoms. The van der Waals surface area contributed by atoms with E-state index in [4.69, 9.17) is 27.5 Å². The number of benzene rings is 1. The fourth-order valence-corrected chi connectivity index (χ4v) is 2.25. The first-order valence-corrected chi connectivity index (χ1v) is 6.28. The number of likely N-dealkylation sites (N-methyl/N-ethyl adjacent to an activating group) is 1. The van der Waals surface area contributed by atoms with Crippen LogP contribution in [0.3, 0.4) is 0 Å². The van der Waals surface area contributed by atoms with Gasteiger partial charge in [-0.15, -0.1) is 0 Å². The van der Waals surface area contributed by atoms with Crippen LogP contribution < -0.4 is 10.6 Å². The first kappa shape index (κ1) is 14.8. The Balaban J connectivity index is 3.03. The van der Waals surface area contributed by atoms with Crippen molar-refractivity contribution < 1.29 is 4.74 Å². The number of hydrogen-bond acceptors (Lipinski definition) is 3. The maximum Gasteiger partial charge on any atom is 0.122 e. The number of anilines is 1. The zero-order chi connectivity index (χ0) is 13.7. The van der Waals surface area contributed by atoms with Crippen molar-refractivity contribution in [2.45, 2.75) is 19.9 Å². The molecule has 0 saturated heterocycles. The molecule has 0 bridgehead atoms. The van der Waals surface area contributed by atoms with Crippen LogP contribution in [0, 0.1) is 5.41 Å². The molecule has 0 aliphatic heterocycles. The number of methoxy groups -OCH3 is 1. The number of amidine groups is 1. The number of nitrogens with zero attached hydrogens (tertiary/aromatic N) is 1. The van der Waals surface area contributed by atoms with Gasteiger partial charge in [-0.05, 0) is 32.0 Å². The number of hydrogen-bond donors (Lipinski definition) is 2. The molecule has 0 spiro atoms. The molecule has 3 N–H and O–H groups in total. The first-order chi connectivity index (χ1) is 8.51. The summed E-state index contributed by atoms with van der Waals surface area (Å²) in [5.41, 5.74) is 7.02. The van der Waals surface area contributed by atoms with Crippen LogP contribution in [0.1, 0.15) is 19.4 Å². The largest absolute Gasteiger partial charge is 0.384 e. The Bertz CT molecular complexity index is 423. The average molecular weight is 270 g/mol. The SMILES string of the molecule is CCN(c1ccc(C(=N)N)cc1Cl)C(C)COC. The first-order valence-electron chi connectivity index (χ1n) is 5.90. The molecule has 0 aromatic heterocycles. The molecule has 1 aromatic rings. The van der Waals surface area contributed by atoms with Gasteiger partial charge in [-0.25, -0.2) is 0 Å². The van der Waals surface area contributed by atoms with Crippen LogP contribution in [-0.4, -0.2) is 32.1 Å². The van der Waals surface area contributed by atoms with Crippen molar-refractivity contribution in [3.63, 3.8) is 0 Å². The van der Waals surface area contributed by atoms with Gasteiger partial charge in [0.15, 0.2) is 0 Å². The predicted molar refractivity (Wildman–Crippen MR) is 76.8 cm³/mol. The Morgan fingerprint density at radius 1 is 1.56 bits per heavy atom. The Hall–Kier alpha value is -1.26. The molecule has 1 unspecified atom stereocenters. The number of halogens is 1. The normalized spacial score (nSPS) is 12.2. The van der Waals surface area contributed by atoms with Crippen LogP contribution in [0.25, 0.3) is 0 Å². The molecule has 1 rings (SSSR count). The number of nitrogens with one attached hydrogen (secondary N) is 1. The van der Waals surface area contributed by atoms with E-state index >= 15 is 0 Å². The summed E-state index contributed by atoms with van der Waals surface area (Å²) in [6, 6.07) is 5.67. The van der Waals surface area contributed by atoms with E-state index in [1.165, 1.54) is 0 Å². The highest BCUT2D eigenvalue weighted by atomic mass is 35.5. The molecular weight excluding hydrogens is 250 g/mol. The Labute approximate surface area is 113 Å². The second kappa shape index (κ2) is 6.61. The molecule has 0 amide bonds. The van der Waals surface area contributed by atoms with Gasteiger partial charge in [-0.2, -0.15) is 0 Å². The van der Waals surface area contributed by atoms with Gasteiger partial charge < -0.3 is 15.4 Å². The highest BCUT2D eigenvalue weighted by molar-refractivity contribution is 6.33. The zero-order valence-electron chi connectivity index (χ0n) is 11.0. The molecule has 100 valence electrons. The van der Waals surface area contributed by atoms with Crippen LogP contribution in [0.4, 0.5) is 5.69 Å².